The van der Waals surface area contributed by atoms with Gasteiger partial charge in [-0.05, 0) is 62.4 Å². The van der Waals surface area contributed by atoms with Crippen LogP contribution >= 0.6 is 12.2 Å². The number of nitrogens with zero attached hydrogens (tertiary/aromatic N) is 2. The third kappa shape index (κ3) is 6.01. The number of nitrogens with one attached hydrogen (secondary N) is 1. The van der Waals surface area contributed by atoms with E-state index in [1.54, 1.807) is 0 Å². The topological polar surface area (TPSA) is 46.5 Å². The molecule has 146 valence electrons. The number of likely N-dealkylation sites (tertiary alicyclic amines) is 1. The summed E-state index contributed by atoms with van der Waals surface area (Å²) in [4.78, 5) is 13.5. The summed E-state index contributed by atoms with van der Waals surface area (Å²) in [7, 11) is 3.55. The van der Waals surface area contributed by atoms with Gasteiger partial charge in [-0.1, -0.05) is 13.3 Å². The number of methoxy groups -OCH3 is 1. The number of hydrogen-bond acceptors (Lipinski definition) is 3. The second-order valence-corrected chi connectivity index (χ2v) is 7.73. The lowest BCUT2D eigenvalue weighted by atomic mass is 10.0. The number of carbonyl (C=O) groups excluding carboxylic acids is 1. The summed E-state index contributed by atoms with van der Waals surface area (Å²) in [6.45, 7) is 4.19. The van der Waals surface area contributed by atoms with Crippen molar-refractivity contribution in [2.24, 2.45) is 13.0 Å². The average molecular weight is 380 g/mol. The lowest BCUT2D eigenvalue weighted by Gasteiger charge is -2.33. The van der Waals surface area contributed by atoms with Crippen molar-refractivity contribution in [3.05, 3.63) is 24.0 Å². The van der Waals surface area contributed by atoms with E-state index in [9.17, 15) is 4.79 Å². The Morgan fingerprint density at radius 3 is 2.81 bits per heavy atom. The van der Waals surface area contributed by atoms with Gasteiger partial charge < -0.3 is 19.5 Å². The molecule has 2 rings (SSSR count). The summed E-state index contributed by atoms with van der Waals surface area (Å²) in [5.41, 5.74) is 1.33. The molecule has 0 bridgehead atoms. The predicted octanol–water partition coefficient (Wildman–Crippen LogP) is 3.80. The summed E-state index contributed by atoms with van der Waals surface area (Å²) < 4.78 is 6.88. The standard InChI is InChI=1S/C20H33N3O2S/c1-16-10-11-18(17-8-7-14-22(17)2)23(15-12-16)20(26)21-13-6-4-5-9-19(24)25-3/h7-8,14,16,18H,4-6,9-13,15H2,1-3H3,(H,21,26)/t16-,18+/m1/s1. The highest BCUT2D eigenvalue weighted by Gasteiger charge is 2.28. The van der Waals surface area contributed by atoms with E-state index in [0.717, 1.165) is 49.8 Å². The molecule has 0 saturated carbocycles. The average Bonchev–Trinajstić information content (AvgIpc) is 2.95. The van der Waals surface area contributed by atoms with Crippen molar-refractivity contribution in [3.8, 4) is 0 Å². The molecule has 1 aliphatic rings. The van der Waals surface area contributed by atoms with Gasteiger partial charge in [0.1, 0.15) is 0 Å². The maximum Gasteiger partial charge on any atom is 0.305 e. The lowest BCUT2D eigenvalue weighted by Crippen LogP contribution is -2.42. The van der Waals surface area contributed by atoms with E-state index in [0.29, 0.717) is 12.5 Å². The maximum absolute atomic E-state index is 11.1. The molecule has 2 atom stereocenters. The van der Waals surface area contributed by atoms with E-state index in [-0.39, 0.29) is 5.97 Å². The Morgan fingerprint density at radius 1 is 1.31 bits per heavy atom. The number of rotatable bonds is 7. The number of unbranched alkanes of at least 4 members (excludes halogenated alkanes) is 2. The van der Waals surface area contributed by atoms with Gasteiger partial charge in [0.15, 0.2) is 5.11 Å². The zero-order valence-electron chi connectivity index (χ0n) is 16.4. The van der Waals surface area contributed by atoms with Gasteiger partial charge in [-0.15, -0.1) is 0 Å². The van der Waals surface area contributed by atoms with Gasteiger partial charge in [0, 0.05) is 38.4 Å². The van der Waals surface area contributed by atoms with Crippen LogP contribution < -0.4 is 5.32 Å². The summed E-state index contributed by atoms with van der Waals surface area (Å²) in [5, 5.41) is 4.30. The molecule has 0 radical (unpaired) electrons. The molecule has 5 nitrogen and oxygen atoms in total. The van der Waals surface area contributed by atoms with Crippen molar-refractivity contribution in [1.82, 2.24) is 14.8 Å². The molecule has 1 aromatic heterocycles. The summed E-state index contributed by atoms with van der Waals surface area (Å²) in [6.07, 6.45) is 9.05. The van der Waals surface area contributed by atoms with Gasteiger partial charge in [0.25, 0.3) is 0 Å². The molecule has 0 aromatic carbocycles. The number of hydrogen-bond donors (Lipinski definition) is 1. The first kappa shape index (κ1) is 20.7. The van der Waals surface area contributed by atoms with Crippen molar-refractivity contribution < 1.29 is 9.53 Å². The Hall–Kier alpha value is -1.56. The molecular weight excluding hydrogens is 346 g/mol. The summed E-state index contributed by atoms with van der Waals surface area (Å²) in [6, 6.07) is 4.67. The van der Waals surface area contributed by atoms with Crippen molar-refractivity contribution in [3.63, 3.8) is 0 Å². The molecule has 1 aromatic rings. The van der Waals surface area contributed by atoms with Gasteiger partial charge in [-0.3, -0.25) is 4.79 Å². The minimum atomic E-state index is -0.127. The fraction of sp³-hybridized carbons (Fsp3) is 0.700. The largest absolute Gasteiger partial charge is 0.469 e. The van der Waals surface area contributed by atoms with Crippen LogP contribution in [0.25, 0.3) is 0 Å². The first-order chi connectivity index (χ1) is 12.5. The smallest absolute Gasteiger partial charge is 0.305 e. The zero-order chi connectivity index (χ0) is 18.9. The SMILES string of the molecule is COC(=O)CCCCCNC(=S)N1CC[C@H](C)CC[C@H]1c1cccn1C. The van der Waals surface area contributed by atoms with Gasteiger partial charge in [-0.2, -0.15) is 0 Å². The van der Waals surface area contributed by atoms with Gasteiger partial charge in [0.05, 0.1) is 13.2 Å². The molecule has 2 heterocycles. The summed E-state index contributed by atoms with van der Waals surface area (Å²) >= 11 is 5.74. The van der Waals surface area contributed by atoms with Crippen LogP contribution in [0, 0.1) is 5.92 Å². The Bertz CT molecular complexity index is 587. The first-order valence-electron chi connectivity index (χ1n) is 9.75. The number of thiocarbonyl (C=S) groups is 1. The van der Waals surface area contributed by atoms with Gasteiger partial charge >= 0.3 is 5.97 Å². The minimum absolute atomic E-state index is 0.127. The molecule has 0 unspecified atom stereocenters. The number of carbonyl (C=O) groups is 1. The van der Waals surface area contributed by atoms with Crippen LogP contribution in [0.4, 0.5) is 0 Å². The normalized spacial score (nSPS) is 20.5. The highest BCUT2D eigenvalue weighted by Crippen LogP contribution is 2.32. The van der Waals surface area contributed by atoms with Crippen LogP contribution in [-0.4, -0.2) is 40.7 Å². The number of ether oxygens (including phenoxy) is 1. The fourth-order valence-corrected chi connectivity index (χ4v) is 3.92. The number of aryl methyl sites for hydroxylation is 1. The van der Waals surface area contributed by atoms with Crippen LogP contribution in [0.5, 0.6) is 0 Å². The number of aromatic nitrogens is 1. The van der Waals surface area contributed by atoms with Crippen molar-refractivity contribution in [2.45, 2.75) is 57.9 Å². The lowest BCUT2D eigenvalue weighted by molar-refractivity contribution is -0.140. The molecule has 0 amide bonds. The second-order valence-electron chi connectivity index (χ2n) is 7.34. The van der Waals surface area contributed by atoms with Crippen molar-refractivity contribution >= 4 is 23.3 Å². The van der Waals surface area contributed by atoms with E-state index in [1.165, 1.54) is 25.6 Å². The van der Waals surface area contributed by atoms with Crippen LogP contribution in [-0.2, 0) is 16.6 Å². The Labute approximate surface area is 163 Å². The molecule has 0 spiro atoms. The number of esters is 1. The van der Waals surface area contributed by atoms with Crippen LogP contribution in [0.15, 0.2) is 18.3 Å². The Morgan fingerprint density at radius 2 is 2.12 bits per heavy atom. The molecular formula is C20H33N3O2S. The van der Waals surface area contributed by atoms with E-state index < -0.39 is 0 Å². The van der Waals surface area contributed by atoms with Crippen molar-refractivity contribution in [1.29, 1.82) is 0 Å². The second kappa shape index (κ2) is 10.6. The quantitative estimate of drug-likeness (QED) is 0.444. The Kier molecular flexibility index (Phi) is 8.42. The maximum atomic E-state index is 11.1. The first-order valence-corrected chi connectivity index (χ1v) is 10.2. The van der Waals surface area contributed by atoms with Gasteiger partial charge in [0.2, 0.25) is 0 Å². The Balaban J connectivity index is 1.85. The highest BCUT2D eigenvalue weighted by molar-refractivity contribution is 7.80. The molecule has 26 heavy (non-hydrogen) atoms. The van der Waals surface area contributed by atoms with E-state index in [4.69, 9.17) is 12.2 Å². The van der Waals surface area contributed by atoms with E-state index in [1.807, 2.05) is 0 Å². The molecule has 1 fully saturated rings. The van der Waals surface area contributed by atoms with Gasteiger partial charge in [-0.25, -0.2) is 0 Å². The van der Waals surface area contributed by atoms with E-state index >= 15 is 0 Å². The molecule has 0 aliphatic carbocycles. The zero-order valence-corrected chi connectivity index (χ0v) is 17.2. The van der Waals surface area contributed by atoms with E-state index in [2.05, 4.69) is 51.8 Å². The third-order valence-corrected chi connectivity index (χ3v) is 5.70. The third-order valence-electron chi connectivity index (χ3n) is 5.32. The minimum Gasteiger partial charge on any atom is -0.469 e. The van der Waals surface area contributed by atoms with Crippen LogP contribution in [0.2, 0.25) is 0 Å². The van der Waals surface area contributed by atoms with Crippen LogP contribution in [0.3, 0.4) is 0 Å². The predicted molar refractivity (Wildman–Crippen MR) is 109 cm³/mol. The fourth-order valence-electron chi connectivity index (χ4n) is 3.60. The van der Waals surface area contributed by atoms with Crippen molar-refractivity contribution in [2.75, 3.05) is 20.2 Å². The highest BCUT2D eigenvalue weighted by atomic mass is 32.1. The summed E-state index contributed by atoms with van der Waals surface area (Å²) in [5.74, 6) is 0.612. The van der Waals surface area contributed by atoms with Crippen LogP contribution in [0.1, 0.15) is 63.6 Å². The molecule has 1 N–H and O–H groups in total. The molecule has 1 saturated heterocycles. The molecule has 6 heteroatoms. The monoisotopic (exact) mass is 379 g/mol. The molecule has 1 aliphatic heterocycles.